The van der Waals surface area contributed by atoms with Crippen molar-refractivity contribution in [3.05, 3.63) is 16.2 Å². The molecule has 0 bridgehead atoms. The number of nitrogens with one attached hydrogen (secondary N) is 1. The number of rotatable bonds is 2. The first-order valence-electron chi connectivity index (χ1n) is 7.40. The third kappa shape index (κ3) is 2.54. The van der Waals surface area contributed by atoms with Gasteiger partial charge in [-0.25, -0.2) is 0 Å². The van der Waals surface area contributed by atoms with E-state index in [0.29, 0.717) is 23.7 Å². The van der Waals surface area contributed by atoms with Crippen LogP contribution in [0.2, 0.25) is 0 Å². The molecule has 1 aliphatic heterocycles. The van der Waals surface area contributed by atoms with Gasteiger partial charge < -0.3 is 10.2 Å². The first kappa shape index (κ1) is 15.1. The molecule has 3 rings (SSSR count). The molecule has 0 amide bonds. The zero-order valence-corrected chi connectivity index (χ0v) is 13.1. The van der Waals surface area contributed by atoms with Crippen LogP contribution in [0.3, 0.4) is 0 Å². The molecule has 8 nitrogen and oxygen atoms in total. The number of nitrogens with zero attached hydrogens (tertiary/aromatic N) is 6. The first-order chi connectivity index (χ1) is 11.2. The standard InChI is InChI=1S/C15H17N7O/c1-3-4-7-22-12-13(18-11(10-16)20(2)14(12)23)19-15(22)21-8-5-17-6-9-21/h17H,5-9H2,1-2H3. The van der Waals surface area contributed by atoms with Crippen LogP contribution in [0.5, 0.6) is 0 Å². The molecule has 0 aliphatic carbocycles. The van der Waals surface area contributed by atoms with Gasteiger partial charge in [0.1, 0.15) is 6.07 Å². The molecule has 0 radical (unpaired) electrons. The molecular formula is C15H17N7O. The second-order valence-corrected chi connectivity index (χ2v) is 5.25. The van der Waals surface area contributed by atoms with Gasteiger partial charge in [0.2, 0.25) is 11.8 Å². The second kappa shape index (κ2) is 6.11. The van der Waals surface area contributed by atoms with E-state index in [4.69, 9.17) is 5.26 Å². The van der Waals surface area contributed by atoms with Crippen LogP contribution in [0.1, 0.15) is 12.7 Å². The predicted octanol–water partition coefficient (Wildman–Crippen LogP) is -0.565. The van der Waals surface area contributed by atoms with Crippen LogP contribution in [0.25, 0.3) is 11.2 Å². The largest absolute Gasteiger partial charge is 0.340 e. The van der Waals surface area contributed by atoms with E-state index in [2.05, 4.69) is 32.0 Å². The Balaban J connectivity index is 2.26. The van der Waals surface area contributed by atoms with E-state index in [0.717, 1.165) is 26.2 Å². The Morgan fingerprint density at radius 3 is 2.70 bits per heavy atom. The zero-order chi connectivity index (χ0) is 16.4. The molecule has 0 unspecified atom stereocenters. The minimum atomic E-state index is -0.279. The predicted molar refractivity (Wildman–Crippen MR) is 86.0 cm³/mol. The highest BCUT2D eigenvalue weighted by Crippen LogP contribution is 2.19. The Hall–Kier alpha value is -2.84. The van der Waals surface area contributed by atoms with Crippen LogP contribution in [-0.4, -0.2) is 45.3 Å². The summed E-state index contributed by atoms with van der Waals surface area (Å²) in [7, 11) is 1.54. The summed E-state index contributed by atoms with van der Waals surface area (Å²) < 4.78 is 3.05. The van der Waals surface area contributed by atoms with Crippen molar-refractivity contribution in [2.24, 2.45) is 7.05 Å². The van der Waals surface area contributed by atoms with Gasteiger partial charge in [-0.2, -0.15) is 15.2 Å². The van der Waals surface area contributed by atoms with Crippen LogP contribution < -0.4 is 15.8 Å². The van der Waals surface area contributed by atoms with Crippen LogP contribution >= 0.6 is 0 Å². The van der Waals surface area contributed by atoms with Crippen LogP contribution in [0, 0.1) is 23.2 Å². The fraction of sp³-hybridized carbons (Fsp3) is 0.467. The molecule has 2 aromatic heterocycles. The monoisotopic (exact) mass is 311 g/mol. The quantitative estimate of drug-likeness (QED) is 0.747. The summed E-state index contributed by atoms with van der Waals surface area (Å²) in [5.41, 5.74) is 0.414. The SMILES string of the molecule is CC#CCn1c(N2CCNCC2)nc2nc(C#N)n(C)c(=O)c21. The van der Waals surface area contributed by atoms with Crippen molar-refractivity contribution < 1.29 is 0 Å². The molecule has 0 saturated carbocycles. The Kier molecular flexibility index (Phi) is 4.00. The molecule has 0 atom stereocenters. The number of hydrogen-bond donors (Lipinski definition) is 1. The molecule has 3 heterocycles. The van der Waals surface area contributed by atoms with Gasteiger partial charge in [0.25, 0.3) is 5.56 Å². The average Bonchev–Trinajstić information content (AvgIpc) is 2.95. The van der Waals surface area contributed by atoms with E-state index in [9.17, 15) is 4.79 Å². The number of fused-ring (bicyclic) bond motifs is 1. The van der Waals surface area contributed by atoms with E-state index in [1.165, 1.54) is 4.57 Å². The lowest BCUT2D eigenvalue weighted by Crippen LogP contribution is -2.44. The lowest BCUT2D eigenvalue weighted by atomic mass is 10.4. The smallest absolute Gasteiger partial charge is 0.280 e. The summed E-state index contributed by atoms with van der Waals surface area (Å²) in [4.78, 5) is 23.5. The Morgan fingerprint density at radius 2 is 2.04 bits per heavy atom. The fourth-order valence-electron chi connectivity index (χ4n) is 2.66. The minimum Gasteiger partial charge on any atom is -0.340 e. The van der Waals surface area contributed by atoms with Crippen LogP contribution in [0.4, 0.5) is 5.95 Å². The summed E-state index contributed by atoms with van der Waals surface area (Å²) in [5.74, 6) is 6.57. The molecule has 0 spiro atoms. The summed E-state index contributed by atoms with van der Waals surface area (Å²) in [6.45, 7) is 5.44. The number of anilines is 1. The molecule has 8 heteroatoms. The van der Waals surface area contributed by atoms with E-state index < -0.39 is 0 Å². The van der Waals surface area contributed by atoms with Gasteiger partial charge in [0, 0.05) is 33.2 Å². The highest BCUT2D eigenvalue weighted by molar-refractivity contribution is 5.74. The number of nitriles is 1. The second-order valence-electron chi connectivity index (χ2n) is 5.25. The summed E-state index contributed by atoms with van der Waals surface area (Å²) in [6.07, 6.45) is 0. The fourth-order valence-corrected chi connectivity index (χ4v) is 2.66. The highest BCUT2D eigenvalue weighted by atomic mass is 16.1. The molecule has 1 N–H and O–H groups in total. The average molecular weight is 311 g/mol. The normalized spacial score (nSPS) is 14.4. The van der Waals surface area contributed by atoms with E-state index in [1.807, 2.05) is 6.07 Å². The maximum Gasteiger partial charge on any atom is 0.280 e. The molecule has 0 aromatic carbocycles. The number of aromatic nitrogens is 4. The van der Waals surface area contributed by atoms with Crippen molar-refractivity contribution in [1.29, 1.82) is 5.26 Å². The molecule has 1 fully saturated rings. The van der Waals surface area contributed by atoms with Gasteiger partial charge in [-0.15, -0.1) is 5.92 Å². The summed E-state index contributed by atoms with van der Waals surface area (Å²) in [6, 6.07) is 1.93. The Morgan fingerprint density at radius 1 is 1.30 bits per heavy atom. The third-order valence-corrected chi connectivity index (χ3v) is 3.88. The minimum absolute atomic E-state index is 0.0561. The van der Waals surface area contributed by atoms with Crippen molar-refractivity contribution in [3.8, 4) is 17.9 Å². The van der Waals surface area contributed by atoms with Crippen LogP contribution in [0.15, 0.2) is 4.79 Å². The van der Waals surface area contributed by atoms with Gasteiger partial charge in [0.15, 0.2) is 11.2 Å². The molecular weight excluding hydrogens is 294 g/mol. The van der Waals surface area contributed by atoms with Gasteiger partial charge in [0.05, 0.1) is 6.54 Å². The summed E-state index contributed by atoms with van der Waals surface area (Å²) in [5, 5.41) is 12.4. The molecule has 1 aliphatic rings. The van der Waals surface area contributed by atoms with Crippen LogP contribution in [-0.2, 0) is 13.6 Å². The van der Waals surface area contributed by atoms with Gasteiger partial charge in [-0.3, -0.25) is 13.9 Å². The number of piperazine rings is 1. The molecule has 2 aromatic rings. The van der Waals surface area contributed by atoms with Crippen molar-refractivity contribution in [2.75, 3.05) is 31.1 Å². The van der Waals surface area contributed by atoms with Crippen molar-refractivity contribution in [2.45, 2.75) is 13.5 Å². The van der Waals surface area contributed by atoms with E-state index >= 15 is 0 Å². The molecule has 1 saturated heterocycles. The number of imidazole rings is 1. The Bertz CT molecular complexity index is 900. The lowest BCUT2D eigenvalue weighted by Gasteiger charge is -2.28. The maximum absolute atomic E-state index is 12.6. The van der Waals surface area contributed by atoms with Crippen molar-refractivity contribution in [3.63, 3.8) is 0 Å². The summed E-state index contributed by atoms with van der Waals surface area (Å²) >= 11 is 0. The Labute approximate surface area is 133 Å². The maximum atomic E-state index is 12.6. The molecule has 23 heavy (non-hydrogen) atoms. The van der Waals surface area contributed by atoms with Crippen molar-refractivity contribution in [1.82, 2.24) is 24.4 Å². The zero-order valence-electron chi connectivity index (χ0n) is 13.1. The number of hydrogen-bond acceptors (Lipinski definition) is 6. The topological polar surface area (TPSA) is 91.8 Å². The third-order valence-electron chi connectivity index (χ3n) is 3.88. The van der Waals surface area contributed by atoms with E-state index in [-0.39, 0.29) is 11.4 Å². The highest BCUT2D eigenvalue weighted by Gasteiger charge is 2.22. The van der Waals surface area contributed by atoms with E-state index in [1.54, 1.807) is 18.5 Å². The molecule has 118 valence electrons. The lowest BCUT2D eigenvalue weighted by molar-refractivity contribution is 0.573. The van der Waals surface area contributed by atoms with Crippen molar-refractivity contribution >= 4 is 17.1 Å². The van der Waals surface area contributed by atoms with Gasteiger partial charge in [-0.1, -0.05) is 5.92 Å². The van der Waals surface area contributed by atoms with Gasteiger partial charge >= 0.3 is 0 Å². The van der Waals surface area contributed by atoms with Gasteiger partial charge in [-0.05, 0) is 6.92 Å². The first-order valence-corrected chi connectivity index (χ1v) is 7.40.